The van der Waals surface area contributed by atoms with Gasteiger partial charge in [0.15, 0.2) is 5.69 Å². The number of amides is 2. The zero-order valence-electron chi connectivity index (χ0n) is 20.2. The van der Waals surface area contributed by atoms with Crippen molar-refractivity contribution in [3.8, 4) is 0 Å². The highest BCUT2D eigenvalue weighted by Crippen LogP contribution is 2.30. The minimum atomic E-state index is -0.696. The van der Waals surface area contributed by atoms with Crippen LogP contribution in [-0.2, 0) is 16.1 Å². The minimum absolute atomic E-state index is 0.0231. The highest BCUT2D eigenvalue weighted by Gasteiger charge is 2.39. The van der Waals surface area contributed by atoms with E-state index in [-0.39, 0.29) is 48.7 Å². The first-order valence-electron chi connectivity index (χ1n) is 11.6. The average molecular weight is 488 g/mol. The maximum Gasteiger partial charge on any atom is 0.330 e. The first-order valence-corrected chi connectivity index (χ1v) is 12.8. The van der Waals surface area contributed by atoms with E-state index >= 15 is 0 Å². The number of carbonyl (C=O) groups excluding carboxylic acids is 2. The maximum atomic E-state index is 13.7. The zero-order valence-corrected chi connectivity index (χ0v) is 21.0. The number of nitrogen functional groups attached to an aromatic ring is 1. The molecule has 1 saturated heterocycles. The Morgan fingerprint density at radius 3 is 2.68 bits per heavy atom. The van der Waals surface area contributed by atoms with Crippen LogP contribution in [0.5, 0.6) is 0 Å². The van der Waals surface area contributed by atoms with Crippen molar-refractivity contribution >= 4 is 40.8 Å². The zero-order chi connectivity index (χ0) is 25.0. The molecule has 1 aromatic carbocycles. The maximum absolute atomic E-state index is 13.7. The van der Waals surface area contributed by atoms with Gasteiger partial charge in [-0.1, -0.05) is 33.3 Å². The molecule has 1 aromatic heterocycles. The van der Waals surface area contributed by atoms with Gasteiger partial charge < -0.3 is 15.5 Å². The number of benzene rings is 1. The van der Waals surface area contributed by atoms with Crippen molar-refractivity contribution in [3.05, 3.63) is 45.1 Å². The van der Waals surface area contributed by atoms with E-state index < -0.39 is 17.2 Å². The lowest BCUT2D eigenvalue weighted by atomic mass is 10.1. The Bertz CT molecular complexity index is 1170. The number of hydrogen-bond donors (Lipinski definition) is 2. The van der Waals surface area contributed by atoms with Gasteiger partial charge in [0.05, 0.1) is 5.92 Å². The second-order valence-electron chi connectivity index (χ2n) is 8.95. The van der Waals surface area contributed by atoms with Crippen molar-refractivity contribution in [2.45, 2.75) is 51.5 Å². The number of nitrogens with one attached hydrogen (secondary N) is 1. The van der Waals surface area contributed by atoms with Crippen molar-refractivity contribution < 1.29 is 9.59 Å². The van der Waals surface area contributed by atoms with Crippen molar-refractivity contribution in [2.24, 2.45) is 11.8 Å². The van der Waals surface area contributed by atoms with E-state index in [2.05, 4.69) is 4.98 Å². The summed E-state index contributed by atoms with van der Waals surface area (Å²) in [7, 11) is 0. The van der Waals surface area contributed by atoms with Crippen molar-refractivity contribution in [1.29, 1.82) is 0 Å². The molecular formula is C24H33N5O4S. The molecule has 1 aliphatic heterocycles. The average Bonchev–Trinajstić information content (AvgIpc) is 3.19. The van der Waals surface area contributed by atoms with E-state index in [0.29, 0.717) is 13.0 Å². The molecular weight excluding hydrogens is 454 g/mol. The summed E-state index contributed by atoms with van der Waals surface area (Å²) in [5.74, 6) is -1.10. The van der Waals surface area contributed by atoms with Gasteiger partial charge in [-0.3, -0.25) is 23.9 Å². The summed E-state index contributed by atoms with van der Waals surface area (Å²) in [6.07, 6.45) is 3.55. The topological polar surface area (TPSA) is 121 Å². The molecule has 2 amide bonds. The number of aromatic amines is 1. The predicted octanol–water partition coefficient (Wildman–Crippen LogP) is 2.68. The van der Waals surface area contributed by atoms with Crippen LogP contribution in [0.4, 0.5) is 17.2 Å². The summed E-state index contributed by atoms with van der Waals surface area (Å²) in [5.41, 5.74) is 5.72. The minimum Gasteiger partial charge on any atom is -0.383 e. The number of hydrogen-bond acceptors (Lipinski definition) is 6. The molecule has 184 valence electrons. The molecule has 0 unspecified atom stereocenters. The third-order valence-corrected chi connectivity index (χ3v) is 6.60. The standard InChI is InChI=1S/C24H33N5O4S/c1-5-6-10-27-21(25)20(22(31)26-24(27)33)29(13-15(2)3)23(32)16-11-19(30)28(14-16)17-8-7-9-18(12-17)34-4/h7-9,12,15-16H,5-6,10-11,13-14,25H2,1-4H3,(H,26,31,33)/t16-/m0/s1. The van der Waals surface area contributed by atoms with E-state index in [1.807, 2.05) is 51.3 Å². The first kappa shape index (κ1) is 25.6. The van der Waals surface area contributed by atoms with Crippen molar-refractivity contribution in [1.82, 2.24) is 9.55 Å². The normalized spacial score (nSPS) is 15.9. The van der Waals surface area contributed by atoms with Gasteiger partial charge in [-0.25, -0.2) is 4.79 Å². The van der Waals surface area contributed by atoms with Crippen LogP contribution in [-0.4, -0.2) is 40.7 Å². The number of H-pyrrole nitrogens is 1. The first-order chi connectivity index (χ1) is 16.2. The molecule has 0 bridgehead atoms. The number of aromatic nitrogens is 2. The molecule has 0 aliphatic carbocycles. The monoisotopic (exact) mass is 487 g/mol. The number of nitrogens with two attached hydrogens (primary N) is 1. The Kier molecular flexibility index (Phi) is 8.24. The van der Waals surface area contributed by atoms with Crippen molar-refractivity contribution in [2.75, 3.05) is 34.9 Å². The number of thioether (sulfide) groups is 1. The van der Waals surface area contributed by atoms with Crippen LogP contribution in [0.3, 0.4) is 0 Å². The number of rotatable bonds is 9. The summed E-state index contributed by atoms with van der Waals surface area (Å²) < 4.78 is 1.31. The molecule has 0 radical (unpaired) electrons. The second kappa shape index (κ2) is 10.9. The van der Waals surface area contributed by atoms with Gasteiger partial charge in [0.1, 0.15) is 5.82 Å². The van der Waals surface area contributed by atoms with Crippen LogP contribution in [0.15, 0.2) is 38.8 Å². The lowest BCUT2D eigenvalue weighted by Gasteiger charge is -2.28. The summed E-state index contributed by atoms with van der Waals surface area (Å²) in [6, 6.07) is 7.62. The lowest BCUT2D eigenvalue weighted by molar-refractivity contribution is -0.124. The molecule has 9 nitrogen and oxygen atoms in total. The number of anilines is 3. The molecule has 1 aliphatic rings. The van der Waals surface area contributed by atoms with Gasteiger partial charge in [-0.2, -0.15) is 0 Å². The Morgan fingerprint density at radius 1 is 1.29 bits per heavy atom. The van der Waals surface area contributed by atoms with Crippen LogP contribution in [0.25, 0.3) is 0 Å². The SMILES string of the molecule is CCCCn1c(N)c(N(CC(C)C)C(=O)[C@H]2CC(=O)N(c3cccc(SC)c3)C2)c(=O)[nH]c1=O. The van der Waals surface area contributed by atoms with Crippen LogP contribution < -0.4 is 26.8 Å². The summed E-state index contributed by atoms with van der Waals surface area (Å²) >= 11 is 1.58. The molecule has 2 heterocycles. The second-order valence-corrected chi connectivity index (χ2v) is 9.83. The molecule has 0 spiro atoms. The summed E-state index contributed by atoms with van der Waals surface area (Å²) in [6.45, 7) is 6.65. The Hall–Kier alpha value is -3.01. The van der Waals surface area contributed by atoms with E-state index in [9.17, 15) is 19.2 Å². The van der Waals surface area contributed by atoms with Gasteiger partial charge >= 0.3 is 5.69 Å². The third-order valence-electron chi connectivity index (χ3n) is 5.87. The van der Waals surface area contributed by atoms with Gasteiger partial charge in [0.25, 0.3) is 5.56 Å². The van der Waals surface area contributed by atoms with Crippen LogP contribution in [0.2, 0.25) is 0 Å². The Labute approximate surface area is 203 Å². The fourth-order valence-corrected chi connectivity index (χ4v) is 4.61. The van der Waals surface area contributed by atoms with Crippen LogP contribution >= 0.6 is 11.8 Å². The predicted molar refractivity (Wildman–Crippen MR) is 137 cm³/mol. The van der Waals surface area contributed by atoms with Gasteiger partial charge in [-0.15, -0.1) is 11.8 Å². The largest absolute Gasteiger partial charge is 0.383 e. The van der Waals surface area contributed by atoms with E-state index in [1.165, 1.54) is 9.47 Å². The van der Waals surface area contributed by atoms with Gasteiger partial charge in [0, 0.05) is 36.6 Å². The Morgan fingerprint density at radius 2 is 2.03 bits per heavy atom. The molecule has 1 fully saturated rings. The van der Waals surface area contributed by atoms with Gasteiger partial charge in [-0.05, 0) is 36.8 Å². The molecule has 3 N–H and O–H groups in total. The number of nitrogens with zero attached hydrogens (tertiary/aromatic N) is 3. The summed E-state index contributed by atoms with van der Waals surface area (Å²) in [4.78, 5) is 58.0. The summed E-state index contributed by atoms with van der Waals surface area (Å²) in [5, 5.41) is 0. The molecule has 34 heavy (non-hydrogen) atoms. The van der Waals surface area contributed by atoms with E-state index in [1.54, 1.807) is 16.7 Å². The lowest BCUT2D eigenvalue weighted by Crippen LogP contribution is -2.45. The number of unbranched alkanes of at least 4 members (excludes halogenated alkanes) is 1. The fraction of sp³-hybridized carbons (Fsp3) is 0.500. The smallest absolute Gasteiger partial charge is 0.330 e. The van der Waals surface area contributed by atoms with Crippen LogP contribution in [0, 0.1) is 11.8 Å². The molecule has 2 aromatic rings. The molecule has 1 atom stereocenters. The fourth-order valence-electron chi connectivity index (χ4n) is 4.15. The van der Waals surface area contributed by atoms with Crippen LogP contribution in [0.1, 0.15) is 40.0 Å². The highest BCUT2D eigenvalue weighted by molar-refractivity contribution is 7.98. The number of carbonyl (C=O) groups is 2. The highest BCUT2D eigenvalue weighted by atomic mass is 32.2. The molecule has 10 heteroatoms. The Balaban J connectivity index is 1.96. The quantitative estimate of drug-likeness (QED) is 0.525. The third kappa shape index (κ3) is 5.38. The molecule has 0 saturated carbocycles. The van der Waals surface area contributed by atoms with Gasteiger partial charge in [0.2, 0.25) is 11.8 Å². The molecule has 3 rings (SSSR count). The van der Waals surface area contributed by atoms with E-state index in [4.69, 9.17) is 5.73 Å². The van der Waals surface area contributed by atoms with E-state index in [0.717, 1.165) is 17.0 Å². The van der Waals surface area contributed by atoms with Crippen molar-refractivity contribution in [3.63, 3.8) is 0 Å².